The smallest absolute Gasteiger partial charge is 0.171 e. The van der Waals surface area contributed by atoms with Gasteiger partial charge in [-0.25, -0.2) is 0 Å². The molecule has 3 heteroatoms. The van der Waals surface area contributed by atoms with Crippen LogP contribution >= 0.6 is 0 Å². The van der Waals surface area contributed by atoms with E-state index in [9.17, 15) is 13.2 Å². The van der Waals surface area contributed by atoms with Crippen LogP contribution in [0.2, 0.25) is 0 Å². The molecule has 0 aliphatic rings. The van der Waals surface area contributed by atoms with Gasteiger partial charge in [-0.1, -0.05) is 20.8 Å². The fourth-order valence-corrected chi connectivity index (χ4v) is 0.142. The van der Waals surface area contributed by atoms with Gasteiger partial charge in [-0.05, 0) is 6.42 Å². The van der Waals surface area contributed by atoms with Crippen molar-refractivity contribution in [1.29, 1.82) is 0 Å². The van der Waals surface area contributed by atoms with Crippen LogP contribution in [-0.4, -0.2) is 6.18 Å². The minimum atomic E-state index is -4.12. The zero-order chi connectivity index (χ0) is 7.71. The van der Waals surface area contributed by atoms with Crippen LogP contribution in [0.5, 0.6) is 0 Å². The van der Waals surface area contributed by atoms with E-state index in [4.69, 9.17) is 0 Å². The van der Waals surface area contributed by atoms with Crippen molar-refractivity contribution in [2.45, 2.75) is 26.4 Å². The van der Waals surface area contributed by atoms with Crippen molar-refractivity contribution in [1.82, 2.24) is 0 Å². The van der Waals surface area contributed by atoms with Gasteiger partial charge in [0, 0.05) is 0 Å². The van der Waals surface area contributed by atoms with Crippen LogP contribution < -0.4 is 0 Å². The zero-order valence-electron chi connectivity index (χ0n) is 5.55. The van der Waals surface area contributed by atoms with Gasteiger partial charge in [-0.3, -0.25) is 0 Å². The molecule has 0 saturated carbocycles. The largest absolute Gasteiger partial charge is 0.393 e. The Balaban J connectivity index is 4.14. The van der Waals surface area contributed by atoms with E-state index < -0.39 is 11.6 Å². The van der Waals surface area contributed by atoms with Crippen molar-refractivity contribution in [3.05, 3.63) is 6.92 Å². The van der Waals surface area contributed by atoms with Crippen molar-refractivity contribution >= 4 is 0 Å². The van der Waals surface area contributed by atoms with E-state index in [-0.39, 0.29) is 6.42 Å². The summed E-state index contributed by atoms with van der Waals surface area (Å²) in [5.74, 6) is 0. The molecule has 0 aromatic carbocycles. The Morgan fingerprint density at radius 2 is 1.56 bits per heavy atom. The molecule has 0 nitrogen and oxygen atoms in total. The lowest BCUT2D eigenvalue weighted by Gasteiger charge is -2.25. The van der Waals surface area contributed by atoms with E-state index >= 15 is 0 Å². The predicted molar refractivity (Wildman–Crippen MR) is 29.8 cm³/mol. The summed E-state index contributed by atoms with van der Waals surface area (Å²) in [4.78, 5) is 0. The lowest BCUT2D eigenvalue weighted by atomic mass is 9.90. The number of hydrogen-bond acceptors (Lipinski definition) is 0. The molecule has 0 spiro atoms. The molecule has 1 radical (unpaired) electrons. The van der Waals surface area contributed by atoms with Crippen molar-refractivity contribution in [2.24, 2.45) is 5.41 Å². The fourth-order valence-electron chi connectivity index (χ4n) is 0.142. The summed E-state index contributed by atoms with van der Waals surface area (Å²) in [5, 5.41) is 0. The lowest BCUT2D eigenvalue weighted by molar-refractivity contribution is -0.210. The van der Waals surface area contributed by atoms with Crippen molar-refractivity contribution in [3.63, 3.8) is 0 Å². The second kappa shape index (κ2) is 2.20. The third-order valence-corrected chi connectivity index (χ3v) is 1.39. The molecule has 0 unspecified atom stereocenters. The topological polar surface area (TPSA) is 0 Å². The summed E-state index contributed by atoms with van der Waals surface area (Å²) >= 11 is 0. The summed E-state index contributed by atoms with van der Waals surface area (Å²) in [6, 6.07) is 0. The van der Waals surface area contributed by atoms with Gasteiger partial charge in [0.05, 0.1) is 5.41 Å². The SMILES string of the molecule is [CH2]CC(C)(C)C(F)(F)F. The second-order valence-corrected chi connectivity index (χ2v) is 2.63. The monoisotopic (exact) mass is 139 g/mol. The van der Waals surface area contributed by atoms with E-state index in [2.05, 4.69) is 6.92 Å². The van der Waals surface area contributed by atoms with Crippen LogP contribution in [0, 0.1) is 12.3 Å². The standard InChI is InChI=1S/C6H10F3/c1-4-5(2,3)6(7,8)9/h1,4H2,2-3H3. The molecule has 0 amide bonds. The molecule has 0 N–H and O–H groups in total. The first kappa shape index (κ1) is 8.79. The molecule has 0 aromatic rings. The maximum absolute atomic E-state index is 11.8. The zero-order valence-corrected chi connectivity index (χ0v) is 5.55. The van der Waals surface area contributed by atoms with Crippen molar-refractivity contribution in [3.8, 4) is 0 Å². The highest BCUT2D eigenvalue weighted by Gasteiger charge is 2.45. The molecule has 0 rings (SSSR count). The Hall–Kier alpha value is -0.210. The van der Waals surface area contributed by atoms with Crippen LogP contribution in [0.25, 0.3) is 0 Å². The van der Waals surface area contributed by atoms with Crippen LogP contribution in [0.15, 0.2) is 0 Å². The summed E-state index contributed by atoms with van der Waals surface area (Å²) < 4.78 is 35.4. The van der Waals surface area contributed by atoms with Gasteiger partial charge in [0.25, 0.3) is 0 Å². The molecule has 0 heterocycles. The summed E-state index contributed by atoms with van der Waals surface area (Å²) in [6.45, 7) is 5.48. The number of alkyl halides is 3. The Morgan fingerprint density at radius 1 is 1.22 bits per heavy atom. The van der Waals surface area contributed by atoms with Crippen LogP contribution in [0.4, 0.5) is 13.2 Å². The predicted octanol–water partition coefficient (Wildman–Crippen LogP) is 2.80. The molecule has 0 aliphatic carbocycles. The molecule has 0 atom stereocenters. The fraction of sp³-hybridized carbons (Fsp3) is 0.833. The Bertz CT molecular complexity index is 91.0. The molecular weight excluding hydrogens is 129 g/mol. The average Bonchev–Trinajstić information content (AvgIpc) is 1.64. The van der Waals surface area contributed by atoms with E-state index in [1.807, 2.05) is 0 Å². The third-order valence-electron chi connectivity index (χ3n) is 1.39. The first-order valence-corrected chi connectivity index (χ1v) is 2.67. The van der Waals surface area contributed by atoms with E-state index in [1.165, 1.54) is 0 Å². The molecule has 0 aliphatic heterocycles. The first-order chi connectivity index (χ1) is 3.81. The highest BCUT2D eigenvalue weighted by atomic mass is 19.4. The van der Waals surface area contributed by atoms with Crippen molar-refractivity contribution in [2.75, 3.05) is 0 Å². The van der Waals surface area contributed by atoms with Gasteiger partial charge in [0.1, 0.15) is 0 Å². The van der Waals surface area contributed by atoms with Gasteiger partial charge in [-0.15, -0.1) is 0 Å². The summed E-state index contributed by atoms with van der Waals surface area (Å²) in [5.41, 5.74) is -1.63. The van der Waals surface area contributed by atoms with Crippen LogP contribution in [0.3, 0.4) is 0 Å². The molecule has 0 saturated heterocycles. The van der Waals surface area contributed by atoms with Crippen LogP contribution in [0.1, 0.15) is 20.3 Å². The number of halogens is 3. The second-order valence-electron chi connectivity index (χ2n) is 2.63. The highest BCUT2D eigenvalue weighted by molar-refractivity contribution is 4.77. The van der Waals surface area contributed by atoms with E-state index in [0.29, 0.717) is 0 Å². The molecule has 0 bridgehead atoms. The summed E-state index contributed by atoms with van der Waals surface area (Å²) in [7, 11) is 0. The minimum absolute atomic E-state index is 0.115. The van der Waals surface area contributed by atoms with Gasteiger partial charge >= 0.3 is 6.18 Å². The highest BCUT2D eigenvalue weighted by Crippen LogP contribution is 2.39. The average molecular weight is 139 g/mol. The Kier molecular flexibility index (Phi) is 2.14. The third kappa shape index (κ3) is 1.88. The maximum Gasteiger partial charge on any atom is 0.393 e. The van der Waals surface area contributed by atoms with Gasteiger partial charge in [0.2, 0.25) is 0 Å². The van der Waals surface area contributed by atoms with Gasteiger partial charge in [0.15, 0.2) is 0 Å². The Morgan fingerprint density at radius 3 is 1.56 bits per heavy atom. The number of rotatable bonds is 1. The minimum Gasteiger partial charge on any atom is -0.171 e. The van der Waals surface area contributed by atoms with Crippen LogP contribution in [-0.2, 0) is 0 Å². The first-order valence-electron chi connectivity index (χ1n) is 2.67. The summed E-state index contributed by atoms with van der Waals surface area (Å²) in [6.07, 6.45) is -4.23. The normalized spacial score (nSPS) is 14.0. The number of hydrogen-bond donors (Lipinski definition) is 0. The molecule has 9 heavy (non-hydrogen) atoms. The molecule has 0 aromatic heterocycles. The molecule has 0 fully saturated rings. The van der Waals surface area contributed by atoms with Gasteiger partial charge in [-0.2, -0.15) is 13.2 Å². The lowest BCUT2D eigenvalue weighted by Crippen LogP contribution is -2.31. The van der Waals surface area contributed by atoms with Crippen molar-refractivity contribution < 1.29 is 13.2 Å². The maximum atomic E-state index is 11.8. The van der Waals surface area contributed by atoms with E-state index in [0.717, 1.165) is 13.8 Å². The molecular formula is C6H10F3. The quantitative estimate of drug-likeness (QED) is 0.524. The van der Waals surface area contributed by atoms with Gasteiger partial charge < -0.3 is 0 Å². The Labute approximate surface area is 53.1 Å². The van der Waals surface area contributed by atoms with E-state index in [1.54, 1.807) is 0 Å². The molecule has 55 valence electrons.